The molecule has 6 nitrogen and oxygen atoms in total. The molecule has 0 fully saturated rings. The van der Waals surface area contributed by atoms with Gasteiger partial charge in [0.1, 0.15) is 17.0 Å². The molecule has 3 rings (SSSR count). The van der Waals surface area contributed by atoms with E-state index in [1.54, 1.807) is 43.3 Å². The van der Waals surface area contributed by atoms with Crippen molar-refractivity contribution >= 4 is 28.5 Å². The Bertz CT molecular complexity index is 886. The van der Waals surface area contributed by atoms with Crippen LogP contribution in [0.2, 0.25) is 0 Å². The monoisotopic (exact) mass is 324 g/mol. The number of para-hydroxylation sites is 2. The molecule has 0 radical (unpaired) electrons. The molecule has 0 aliphatic carbocycles. The second-order valence-electron chi connectivity index (χ2n) is 5.23. The summed E-state index contributed by atoms with van der Waals surface area (Å²) in [7, 11) is 0. The number of carbonyl (C=O) groups excluding carboxylic acids is 2. The van der Waals surface area contributed by atoms with E-state index in [1.807, 2.05) is 18.2 Å². The molecule has 122 valence electrons. The van der Waals surface area contributed by atoms with Crippen LogP contribution in [-0.2, 0) is 4.79 Å². The highest BCUT2D eigenvalue weighted by atomic mass is 16.5. The molecule has 0 unspecified atom stereocenters. The lowest BCUT2D eigenvalue weighted by atomic mass is 10.2. The molecule has 1 aromatic heterocycles. The summed E-state index contributed by atoms with van der Waals surface area (Å²) >= 11 is 0. The molecule has 1 atom stereocenters. The lowest BCUT2D eigenvalue weighted by Gasteiger charge is -2.14. The van der Waals surface area contributed by atoms with Crippen molar-refractivity contribution in [1.29, 1.82) is 0 Å². The molecule has 3 aromatic rings. The van der Waals surface area contributed by atoms with Crippen molar-refractivity contribution in [3.63, 3.8) is 0 Å². The molecule has 2 aromatic carbocycles. The Balaban J connectivity index is 1.85. The van der Waals surface area contributed by atoms with Crippen LogP contribution in [0.4, 0.5) is 5.69 Å². The Kier molecular flexibility index (Phi) is 4.20. The Morgan fingerprint density at radius 3 is 2.46 bits per heavy atom. The third kappa shape index (κ3) is 3.08. The maximum absolute atomic E-state index is 12.4. The van der Waals surface area contributed by atoms with Crippen molar-refractivity contribution in [2.24, 2.45) is 5.73 Å². The summed E-state index contributed by atoms with van der Waals surface area (Å²) < 4.78 is 11.0. The first-order chi connectivity index (χ1) is 11.6. The molecule has 0 saturated heterocycles. The fraction of sp³-hybridized carbons (Fsp3) is 0.111. The Morgan fingerprint density at radius 1 is 1.08 bits per heavy atom. The van der Waals surface area contributed by atoms with Gasteiger partial charge in [-0.3, -0.25) is 9.59 Å². The highest BCUT2D eigenvalue weighted by Gasteiger charge is 2.23. The first kappa shape index (κ1) is 15.6. The van der Waals surface area contributed by atoms with Crippen LogP contribution in [0.5, 0.6) is 5.75 Å². The number of nitrogens with one attached hydrogen (secondary N) is 1. The Labute approximate surface area is 138 Å². The summed E-state index contributed by atoms with van der Waals surface area (Å²) in [5.41, 5.74) is 6.07. The van der Waals surface area contributed by atoms with Crippen LogP contribution in [-0.4, -0.2) is 17.9 Å². The normalized spacial score (nSPS) is 11.9. The van der Waals surface area contributed by atoms with Gasteiger partial charge in [0.25, 0.3) is 11.8 Å². The molecule has 3 N–H and O–H groups in total. The van der Waals surface area contributed by atoms with Gasteiger partial charge in [-0.15, -0.1) is 0 Å². The third-order valence-electron chi connectivity index (χ3n) is 3.49. The summed E-state index contributed by atoms with van der Waals surface area (Å²) in [4.78, 5) is 24.0. The molecular weight excluding hydrogens is 308 g/mol. The number of hydrogen-bond acceptors (Lipinski definition) is 4. The second-order valence-corrected chi connectivity index (χ2v) is 5.23. The van der Waals surface area contributed by atoms with Gasteiger partial charge in [0.05, 0.1) is 0 Å². The van der Waals surface area contributed by atoms with Gasteiger partial charge < -0.3 is 20.2 Å². The minimum atomic E-state index is -0.762. The summed E-state index contributed by atoms with van der Waals surface area (Å²) in [6, 6.07) is 16.0. The summed E-state index contributed by atoms with van der Waals surface area (Å²) in [6.07, 6.45) is -0.762. The minimum absolute atomic E-state index is 0.0866. The molecular formula is C18H16N2O4. The van der Waals surface area contributed by atoms with Crippen LogP contribution in [0.1, 0.15) is 17.5 Å². The van der Waals surface area contributed by atoms with Crippen LogP contribution in [0.25, 0.3) is 11.0 Å². The molecule has 24 heavy (non-hydrogen) atoms. The predicted octanol–water partition coefficient (Wildman–Crippen LogP) is 2.94. The van der Waals surface area contributed by atoms with Crippen molar-refractivity contribution in [1.82, 2.24) is 0 Å². The van der Waals surface area contributed by atoms with Crippen molar-refractivity contribution in [2.75, 3.05) is 5.32 Å². The zero-order valence-electron chi connectivity index (χ0n) is 13.0. The molecule has 2 amide bonds. The van der Waals surface area contributed by atoms with Gasteiger partial charge in [0, 0.05) is 5.39 Å². The number of anilines is 1. The maximum atomic E-state index is 12.4. The highest BCUT2D eigenvalue weighted by Crippen LogP contribution is 2.30. The molecule has 6 heteroatoms. The number of nitrogens with two attached hydrogens (primary N) is 1. The number of rotatable bonds is 5. The van der Waals surface area contributed by atoms with Gasteiger partial charge >= 0.3 is 0 Å². The molecule has 0 aliphatic rings. The Hall–Kier alpha value is -3.28. The summed E-state index contributed by atoms with van der Waals surface area (Å²) in [6.45, 7) is 1.62. The summed E-state index contributed by atoms with van der Waals surface area (Å²) in [5.74, 6) is -0.671. The lowest BCUT2D eigenvalue weighted by molar-refractivity contribution is -0.122. The Morgan fingerprint density at radius 2 is 1.75 bits per heavy atom. The van der Waals surface area contributed by atoms with E-state index in [0.717, 1.165) is 0 Å². The first-order valence-corrected chi connectivity index (χ1v) is 7.40. The number of carbonyl (C=O) groups is 2. The number of hydrogen-bond donors (Lipinski definition) is 2. The standard InChI is InChI=1S/C18H16N2O4/c1-11(23-12-7-3-2-4-8-12)18(22)20-15-13-9-5-6-10-14(13)24-16(15)17(19)21/h2-11H,1H3,(H2,19,21)(H,20,22)/t11-/m0/s1. The maximum Gasteiger partial charge on any atom is 0.286 e. The number of benzene rings is 2. The van der Waals surface area contributed by atoms with Crippen LogP contribution < -0.4 is 15.8 Å². The zero-order chi connectivity index (χ0) is 17.1. The minimum Gasteiger partial charge on any atom is -0.481 e. The molecule has 0 aliphatic heterocycles. The van der Waals surface area contributed by atoms with Crippen LogP contribution in [0, 0.1) is 0 Å². The smallest absolute Gasteiger partial charge is 0.286 e. The van der Waals surface area contributed by atoms with Crippen molar-refractivity contribution < 1.29 is 18.7 Å². The van der Waals surface area contributed by atoms with Crippen LogP contribution >= 0.6 is 0 Å². The van der Waals surface area contributed by atoms with E-state index < -0.39 is 17.9 Å². The number of furan rings is 1. The van der Waals surface area contributed by atoms with E-state index in [4.69, 9.17) is 14.9 Å². The SMILES string of the molecule is C[C@H](Oc1ccccc1)C(=O)Nc1c(C(N)=O)oc2ccccc12. The van der Waals surface area contributed by atoms with Gasteiger partial charge in [-0.25, -0.2) is 0 Å². The van der Waals surface area contributed by atoms with Gasteiger partial charge in [-0.05, 0) is 31.2 Å². The van der Waals surface area contributed by atoms with Gasteiger partial charge in [0.15, 0.2) is 6.10 Å². The van der Waals surface area contributed by atoms with E-state index in [1.165, 1.54) is 0 Å². The number of ether oxygens (including phenoxy) is 1. The van der Waals surface area contributed by atoms with Crippen molar-refractivity contribution in [2.45, 2.75) is 13.0 Å². The topological polar surface area (TPSA) is 94.6 Å². The van der Waals surface area contributed by atoms with E-state index in [-0.39, 0.29) is 11.4 Å². The highest BCUT2D eigenvalue weighted by molar-refractivity contribution is 6.11. The average Bonchev–Trinajstić information content (AvgIpc) is 2.95. The van der Waals surface area contributed by atoms with E-state index in [0.29, 0.717) is 16.7 Å². The van der Waals surface area contributed by atoms with Gasteiger partial charge in [0.2, 0.25) is 5.76 Å². The lowest BCUT2D eigenvalue weighted by Crippen LogP contribution is -2.30. The first-order valence-electron chi connectivity index (χ1n) is 7.40. The number of fused-ring (bicyclic) bond motifs is 1. The zero-order valence-corrected chi connectivity index (χ0v) is 13.0. The van der Waals surface area contributed by atoms with Crippen LogP contribution in [0.3, 0.4) is 0 Å². The van der Waals surface area contributed by atoms with Gasteiger partial charge in [-0.2, -0.15) is 0 Å². The average molecular weight is 324 g/mol. The quantitative estimate of drug-likeness (QED) is 0.754. The molecule has 0 saturated carbocycles. The van der Waals surface area contributed by atoms with Crippen molar-refractivity contribution in [3.8, 4) is 5.75 Å². The summed E-state index contributed by atoms with van der Waals surface area (Å²) in [5, 5.41) is 3.28. The predicted molar refractivity (Wildman–Crippen MR) is 89.9 cm³/mol. The second kappa shape index (κ2) is 6.45. The van der Waals surface area contributed by atoms with Crippen LogP contribution in [0.15, 0.2) is 59.0 Å². The van der Waals surface area contributed by atoms with E-state index in [9.17, 15) is 9.59 Å². The van der Waals surface area contributed by atoms with E-state index in [2.05, 4.69) is 5.32 Å². The van der Waals surface area contributed by atoms with Gasteiger partial charge in [-0.1, -0.05) is 30.3 Å². The largest absolute Gasteiger partial charge is 0.481 e. The molecule has 0 bridgehead atoms. The third-order valence-corrected chi connectivity index (χ3v) is 3.49. The van der Waals surface area contributed by atoms with Crippen molar-refractivity contribution in [3.05, 3.63) is 60.4 Å². The van der Waals surface area contributed by atoms with E-state index >= 15 is 0 Å². The number of amides is 2. The fourth-order valence-electron chi connectivity index (χ4n) is 2.32. The molecule has 0 spiro atoms. The number of primary amides is 1. The molecule has 1 heterocycles. The fourth-order valence-corrected chi connectivity index (χ4v) is 2.32.